The van der Waals surface area contributed by atoms with Crippen molar-refractivity contribution >= 4 is 27.2 Å². The third kappa shape index (κ3) is 4.57. The highest BCUT2D eigenvalue weighted by molar-refractivity contribution is 7.90. The predicted molar refractivity (Wildman–Crippen MR) is 95.3 cm³/mol. The van der Waals surface area contributed by atoms with Crippen LogP contribution < -0.4 is 10.2 Å². The number of rotatable bonds is 6. The van der Waals surface area contributed by atoms with Gasteiger partial charge in [0.1, 0.15) is 10.6 Å². The lowest BCUT2D eigenvalue weighted by Crippen LogP contribution is -2.04. The number of benzene rings is 2. The van der Waals surface area contributed by atoms with Crippen molar-refractivity contribution in [3.63, 3.8) is 0 Å². The second-order valence-corrected chi connectivity index (χ2v) is 7.31. The fraction of sp³-hybridized carbons (Fsp3) is 0.176. The number of hydrazone groups is 1. The number of sulfone groups is 1. The third-order valence-corrected chi connectivity index (χ3v) is 4.60. The van der Waals surface area contributed by atoms with Crippen LogP contribution in [0.25, 0.3) is 0 Å². The highest BCUT2D eigenvalue weighted by atomic mass is 32.2. The third-order valence-electron chi connectivity index (χ3n) is 3.47. The largest absolute Gasteiger partial charge is 0.495 e. The number of aromatic carboxylic acids is 1. The molecular formula is C17H18N2O5S. The standard InChI is InChI=1S/C17H18N2O5S/c1-11(18-19-14-7-4-12(5-8-14)17(20)21)13-6-9-16(25(3,22)23)15(10-13)24-2/h4-10,19H,1-3H3,(H,20,21)/b18-11+. The van der Waals surface area contributed by atoms with Crippen molar-refractivity contribution in [3.8, 4) is 5.75 Å². The van der Waals surface area contributed by atoms with Crippen molar-refractivity contribution in [1.29, 1.82) is 0 Å². The second kappa shape index (κ2) is 7.35. The molecule has 0 saturated heterocycles. The number of carbonyl (C=O) groups is 1. The summed E-state index contributed by atoms with van der Waals surface area (Å²) in [4.78, 5) is 10.9. The number of carboxylic acids is 1. The van der Waals surface area contributed by atoms with Crippen LogP contribution in [-0.4, -0.2) is 38.6 Å². The zero-order chi connectivity index (χ0) is 18.6. The molecule has 2 rings (SSSR count). The van der Waals surface area contributed by atoms with Crippen LogP contribution in [0.2, 0.25) is 0 Å². The Morgan fingerprint density at radius 1 is 1.12 bits per heavy atom. The van der Waals surface area contributed by atoms with Gasteiger partial charge in [-0.15, -0.1) is 0 Å². The number of anilines is 1. The molecule has 7 nitrogen and oxygen atoms in total. The molecule has 25 heavy (non-hydrogen) atoms. The van der Waals surface area contributed by atoms with Crippen molar-refractivity contribution in [2.24, 2.45) is 5.10 Å². The lowest BCUT2D eigenvalue weighted by molar-refractivity contribution is 0.0697. The van der Waals surface area contributed by atoms with Gasteiger partial charge in [-0.3, -0.25) is 5.43 Å². The monoisotopic (exact) mass is 362 g/mol. The molecule has 0 fully saturated rings. The molecule has 132 valence electrons. The first kappa shape index (κ1) is 18.5. The van der Waals surface area contributed by atoms with Gasteiger partial charge in [-0.1, -0.05) is 6.07 Å². The van der Waals surface area contributed by atoms with Gasteiger partial charge in [0.05, 0.1) is 24.1 Å². The van der Waals surface area contributed by atoms with E-state index in [1.54, 1.807) is 31.2 Å². The molecular weight excluding hydrogens is 344 g/mol. The summed E-state index contributed by atoms with van der Waals surface area (Å²) in [6.45, 7) is 1.76. The SMILES string of the molecule is COc1cc(/C(C)=N/Nc2ccc(C(=O)O)cc2)ccc1S(C)(=O)=O. The van der Waals surface area contributed by atoms with Crippen LogP contribution in [0, 0.1) is 0 Å². The molecule has 0 aliphatic heterocycles. The number of nitrogens with zero attached hydrogens (tertiary/aromatic N) is 1. The molecule has 0 saturated carbocycles. The molecule has 0 aromatic heterocycles. The quantitative estimate of drug-likeness (QED) is 0.604. The van der Waals surface area contributed by atoms with E-state index in [-0.39, 0.29) is 16.2 Å². The molecule has 2 aromatic rings. The van der Waals surface area contributed by atoms with Gasteiger partial charge in [-0.25, -0.2) is 13.2 Å². The summed E-state index contributed by atoms with van der Waals surface area (Å²) in [5.41, 5.74) is 4.95. The van der Waals surface area contributed by atoms with E-state index >= 15 is 0 Å². The summed E-state index contributed by atoms with van der Waals surface area (Å²) in [7, 11) is -1.98. The van der Waals surface area contributed by atoms with E-state index in [2.05, 4.69) is 10.5 Å². The number of hydrogen-bond acceptors (Lipinski definition) is 6. The van der Waals surface area contributed by atoms with Crippen molar-refractivity contribution in [1.82, 2.24) is 0 Å². The van der Waals surface area contributed by atoms with Crippen LogP contribution in [0.3, 0.4) is 0 Å². The molecule has 0 radical (unpaired) electrons. The average Bonchev–Trinajstić information content (AvgIpc) is 2.58. The summed E-state index contributed by atoms with van der Waals surface area (Å²) in [5.74, 6) is -0.746. The Balaban J connectivity index is 2.23. The molecule has 8 heteroatoms. The fourth-order valence-electron chi connectivity index (χ4n) is 2.10. The Morgan fingerprint density at radius 2 is 1.72 bits per heavy atom. The van der Waals surface area contributed by atoms with Crippen LogP contribution in [0.4, 0.5) is 5.69 Å². The Hall–Kier alpha value is -2.87. The second-order valence-electron chi connectivity index (χ2n) is 5.33. The Morgan fingerprint density at radius 3 is 2.24 bits per heavy atom. The van der Waals surface area contributed by atoms with Crippen molar-refractivity contribution in [2.45, 2.75) is 11.8 Å². The number of carboxylic acid groups (broad SMARTS) is 1. The van der Waals surface area contributed by atoms with Crippen LogP contribution in [0.5, 0.6) is 5.75 Å². The minimum atomic E-state index is -3.38. The topological polar surface area (TPSA) is 105 Å². The van der Waals surface area contributed by atoms with Gasteiger partial charge in [0, 0.05) is 11.8 Å². The molecule has 0 atom stereocenters. The first-order valence-electron chi connectivity index (χ1n) is 7.24. The average molecular weight is 362 g/mol. The zero-order valence-electron chi connectivity index (χ0n) is 14.0. The van der Waals surface area contributed by atoms with Gasteiger partial charge >= 0.3 is 5.97 Å². The summed E-state index contributed by atoms with van der Waals surface area (Å²) in [6.07, 6.45) is 1.12. The first-order valence-corrected chi connectivity index (χ1v) is 9.13. The molecule has 0 aliphatic carbocycles. The maximum Gasteiger partial charge on any atom is 0.335 e. The van der Waals surface area contributed by atoms with E-state index < -0.39 is 15.8 Å². The smallest absolute Gasteiger partial charge is 0.335 e. The minimum Gasteiger partial charge on any atom is -0.495 e. The van der Waals surface area contributed by atoms with E-state index in [0.29, 0.717) is 17.0 Å². The summed E-state index contributed by atoms with van der Waals surface area (Å²) in [6, 6.07) is 10.9. The lowest BCUT2D eigenvalue weighted by Gasteiger charge is -2.09. The normalized spacial score (nSPS) is 11.9. The van der Waals surface area contributed by atoms with Gasteiger partial charge in [0.25, 0.3) is 0 Å². The van der Waals surface area contributed by atoms with Crippen molar-refractivity contribution < 1.29 is 23.1 Å². The van der Waals surface area contributed by atoms with Crippen molar-refractivity contribution in [3.05, 3.63) is 53.6 Å². The van der Waals surface area contributed by atoms with Gasteiger partial charge < -0.3 is 9.84 Å². The number of hydrogen-bond donors (Lipinski definition) is 2. The maximum absolute atomic E-state index is 11.7. The number of ether oxygens (including phenoxy) is 1. The molecule has 0 spiro atoms. The Labute approximate surface area is 145 Å². The van der Waals surface area contributed by atoms with Gasteiger partial charge in [0.2, 0.25) is 0 Å². The predicted octanol–water partition coefficient (Wildman–Crippen LogP) is 2.63. The zero-order valence-corrected chi connectivity index (χ0v) is 14.8. The van der Waals surface area contributed by atoms with E-state index in [1.165, 1.54) is 25.3 Å². The highest BCUT2D eigenvalue weighted by Crippen LogP contribution is 2.25. The Bertz CT molecular complexity index is 919. The molecule has 0 bridgehead atoms. The number of nitrogens with one attached hydrogen (secondary N) is 1. The van der Waals surface area contributed by atoms with Crippen LogP contribution in [0.1, 0.15) is 22.8 Å². The summed E-state index contributed by atoms with van der Waals surface area (Å²) < 4.78 is 28.6. The van der Waals surface area contributed by atoms with Crippen LogP contribution >= 0.6 is 0 Å². The molecule has 0 aliphatic rings. The van der Waals surface area contributed by atoms with Crippen LogP contribution in [0.15, 0.2) is 52.5 Å². The molecule has 0 heterocycles. The summed E-state index contributed by atoms with van der Waals surface area (Å²) >= 11 is 0. The van der Waals surface area contributed by atoms with E-state index in [0.717, 1.165) is 6.26 Å². The minimum absolute atomic E-state index is 0.115. The van der Waals surface area contributed by atoms with Crippen LogP contribution in [-0.2, 0) is 9.84 Å². The van der Waals surface area contributed by atoms with Gasteiger partial charge in [0.15, 0.2) is 9.84 Å². The number of methoxy groups -OCH3 is 1. The molecule has 2 N–H and O–H groups in total. The fourth-order valence-corrected chi connectivity index (χ4v) is 2.92. The first-order chi connectivity index (χ1) is 11.7. The molecule has 0 unspecified atom stereocenters. The summed E-state index contributed by atoms with van der Waals surface area (Å²) in [5, 5.41) is 13.1. The van der Waals surface area contributed by atoms with E-state index in [4.69, 9.17) is 9.84 Å². The highest BCUT2D eigenvalue weighted by Gasteiger charge is 2.15. The maximum atomic E-state index is 11.7. The van der Waals surface area contributed by atoms with E-state index in [9.17, 15) is 13.2 Å². The van der Waals surface area contributed by atoms with Crippen molar-refractivity contribution in [2.75, 3.05) is 18.8 Å². The molecule has 0 amide bonds. The Kier molecular flexibility index (Phi) is 5.43. The molecule has 2 aromatic carbocycles. The van der Waals surface area contributed by atoms with Gasteiger partial charge in [-0.05, 0) is 43.3 Å². The van der Waals surface area contributed by atoms with E-state index in [1.807, 2.05) is 0 Å². The van der Waals surface area contributed by atoms with Gasteiger partial charge in [-0.2, -0.15) is 5.10 Å². The lowest BCUT2D eigenvalue weighted by atomic mass is 10.1.